The number of rotatable bonds is 6. The molecule has 0 spiro atoms. The van der Waals surface area contributed by atoms with E-state index < -0.39 is 21.2 Å². The fourth-order valence-electron chi connectivity index (χ4n) is 2.40. The minimum Gasteiger partial charge on any atom is -0.493 e. The van der Waals surface area contributed by atoms with Gasteiger partial charge in [-0.25, -0.2) is 0 Å². The fraction of sp³-hybridized carbons (Fsp3) is 0.0588. The number of non-ortho nitro benzene ring substituents is 1. The van der Waals surface area contributed by atoms with Gasteiger partial charge in [0.25, 0.3) is 11.6 Å². The van der Waals surface area contributed by atoms with Crippen molar-refractivity contribution in [1.29, 1.82) is 0 Å². The normalized spacial score (nSPS) is 14.6. The van der Waals surface area contributed by atoms with Gasteiger partial charge in [-0.15, -0.1) is 0 Å². The minimum atomic E-state index is -0.771. The van der Waals surface area contributed by atoms with Crippen LogP contribution in [0.3, 0.4) is 0 Å². The van der Waals surface area contributed by atoms with Crippen LogP contribution in [0.5, 0.6) is 17.2 Å². The summed E-state index contributed by atoms with van der Waals surface area (Å²) in [5, 5.41) is 24.6. The average molecular weight is 433 g/mol. The number of carbonyl (C=O) groups is 1. The third kappa shape index (κ3) is 4.50. The molecule has 0 radical (unpaired) electrons. The smallest absolute Gasteiger partial charge is 0.318 e. The van der Waals surface area contributed by atoms with Crippen LogP contribution in [0.4, 0.5) is 11.4 Å². The van der Waals surface area contributed by atoms with Crippen molar-refractivity contribution in [2.75, 3.05) is 7.11 Å². The van der Waals surface area contributed by atoms with E-state index in [1.54, 1.807) is 18.2 Å². The molecule has 0 aliphatic carbocycles. The van der Waals surface area contributed by atoms with Gasteiger partial charge in [-0.1, -0.05) is 30.0 Å². The SMILES string of the molecule is COc1cc(/C=C2/SC(=S)NC2=O)ccc1Oc1ccc([N+](=O)[O-])cc1[N+](=O)[O-]. The van der Waals surface area contributed by atoms with Crippen LogP contribution in [-0.2, 0) is 4.79 Å². The molecule has 1 heterocycles. The summed E-state index contributed by atoms with van der Waals surface area (Å²) in [4.78, 5) is 32.8. The number of methoxy groups -OCH3 is 1. The third-order valence-electron chi connectivity index (χ3n) is 3.70. The Bertz CT molecular complexity index is 1080. The maximum absolute atomic E-state index is 11.8. The lowest BCUT2D eigenvalue weighted by molar-refractivity contribution is -0.394. The van der Waals surface area contributed by atoms with E-state index in [0.29, 0.717) is 14.8 Å². The van der Waals surface area contributed by atoms with Gasteiger partial charge in [0, 0.05) is 6.07 Å². The summed E-state index contributed by atoms with van der Waals surface area (Å²) in [5.41, 5.74) is -0.363. The van der Waals surface area contributed by atoms with Crippen molar-refractivity contribution < 1.29 is 24.1 Å². The topological polar surface area (TPSA) is 134 Å². The Balaban J connectivity index is 1.93. The van der Waals surface area contributed by atoms with Crippen LogP contribution < -0.4 is 14.8 Å². The quantitative estimate of drug-likeness (QED) is 0.312. The first-order valence-corrected chi connectivity index (χ1v) is 9.04. The highest BCUT2D eigenvalue weighted by atomic mass is 32.2. The molecular weight excluding hydrogens is 422 g/mol. The van der Waals surface area contributed by atoms with E-state index in [0.717, 1.165) is 30.0 Å². The summed E-state index contributed by atoms with van der Waals surface area (Å²) in [6.07, 6.45) is 1.61. The van der Waals surface area contributed by atoms with Crippen molar-refractivity contribution in [2.24, 2.45) is 0 Å². The molecule has 1 aliphatic heterocycles. The molecule has 148 valence electrons. The molecule has 12 heteroatoms. The van der Waals surface area contributed by atoms with Gasteiger partial charge in [-0.2, -0.15) is 0 Å². The van der Waals surface area contributed by atoms with E-state index in [-0.39, 0.29) is 23.2 Å². The van der Waals surface area contributed by atoms with Crippen molar-refractivity contribution in [3.05, 3.63) is 67.1 Å². The first kappa shape index (κ1) is 20.2. The highest BCUT2D eigenvalue weighted by molar-refractivity contribution is 8.26. The highest BCUT2D eigenvalue weighted by Gasteiger charge is 2.23. The van der Waals surface area contributed by atoms with Gasteiger partial charge in [0.1, 0.15) is 4.32 Å². The Labute approximate surface area is 172 Å². The Morgan fingerprint density at radius 1 is 1.07 bits per heavy atom. The summed E-state index contributed by atoms with van der Waals surface area (Å²) >= 11 is 6.07. The van der Waals surface area contributed by atoms with E-state index in [2.05, 4.69) is 5.32 Å². The number of benzene rings is 2. The zero-order chi connectivity index (χ0) is 21.1. The number of nitrogens with one attached hydrogen (secondary N) is 1. The number of hydrogen-bond acceptors (Lipinski definition) is 9. The lowest BCUT2D eigenvalue weighted by atomic mass is 10.2. The molecule has 1 aliphatic rings. The van der Waals surface area contributed by atoms with Crippen LogP contribution in [-0.4, -0.2) is 27.2 Å². The molecule has 1 fully saturated rings. The molecule has 3 rings (SSSR count). The molecule has 10 nitrogen and oxygen atoms in total. The Kier molecular flexibility index (Phi) is 5.75. The van der Waals surface area contributed by atoms with Gasteiger partial charge < -0.3 is 14.8 Å². The number of carbonyl (C=O) groups excluding carboxylic acids is 1. The van der Waals surface area contributed by atoms with Gasteiger partial charge in [0.05, 0.1) is 27.9 Å². The Morgan fingerprint density at radius 2 is 1.79 bits per heavy atom. The predicted molar refractivity (Wildman–Crippen MR) is 109 cm³/mol. The van der Waals surface area contributed by atoms with Crippen molar-refractivity contribution in [1.82, 2.24) is 5.32 Å². The molecule has 1 amide bonds. The molecular formula is C17H11N3O7S2. The second-order valence-electron chi connectivity index (χ2n) is 5.53. The second kappa shape index (κ2) is 8.24. The fourth-order valence-corrected chi connectivity index (χ4v) is 3.44. The molecule has 0 unspecified atom stereocenters. The van der Waals surface area contributed by atoms with Crippen molar-refractivity contribution in [3.8, 4) is 17.2 Å². The predicted octanol–water partition coefficient (Wildman–Crippen LogP) is 3.79. The average Bonchev–Trinajstić information content (AvgIpc) is 2.99. The monoisotopic (exact) mass is 433 g/mol. The molecule has 0 aromatic heterocycles. The summed E-state index contributed by atoms with van der Waals surface area (Å²) in [6, 6.07) is 7.77. The zero-order valence-corrected chi connectivity index (χ0v) is 16.2. The summed E-state index contributed by atoms with van der Waals surface area (Å²) in [7, 11) is 1.38. The van der Waals surface area contributed by atoms with Crippen molar-refractivity contribution in [3.63, 3.8) is 0 Å². The van der Waals surface area contributed by atoms with E-state index >= 15 is 0 Å². The number of nitro groups is 2. The number of amides is 1. The molecule has 2 aromatic rings. The lowest BCUT2D eigenvalue weighted by Gasteiger charge is -2.11. The first-order chi connectivity index (χ1) is 13.8. The number of thioether (sulfide) groups is 1. The molecule has 0 bridgehead atoms. The minimum absolute atomic E-state index is 0.158. The number of ether oxygens (including phenoxy) is 2. The largest absolute Gasteiger partial charge is 0.493 e. The summed E-state index contributed by atoms with van der Waals surface area (Å²) < 4.78 is 11.2. The van der Waals surface area contributed by atoms with Gasteiger partial charge in [0.15, 0.2) is 11.5 Å². The first-order valence-electron chi connectivity index (χ1n) is 7.82. The van der Waals surface area contributed by atoms with E-state index in [4.69, 9.17) is 21.7 Å². The maximum atomic E-state index is 11.8. The molecule has 1 N–H and O–H groups in total. The standard InChI is InChI=1S/C17H11N3O7S2/c1-26-14-6-9(7-15-16(21)18-17(28)29-15)2-4-13(14)27-12-5-3-10(19(22)23)8-11(12)20(24)25/h2-8H,1H3,(H,18,21,28)/b15-7+. The molecule has 29 heavy (non-hydrogen) atoms. The van der Waals surface area contributed by atoms with Gasteiger partial charge in [-0.05, 0) is 29.8 Å². The summed E-state index contributed by atoms with van der Waals surface area (Å²) in [6.45, 7) is 0. The van der Waals surface area contributed by atoms with E-state index in [1.165, 1.54) is 13.2 Å². The molecule has 0 saturated carbocycles. The maximum Gasteiger partial charge on any atom is 0.318 e. The van der Waals surface area contributed by atoms with Crippen LogP contribution >= 0.6 is 24.0 Å². The van der Waals surface area contributed by atoms with Crippen molar-refractivity contribution in [2.45, 2.75) is 0 Å². The van der Waals surface area contributed by atoms with Gasteiger partial charge in [0.2, 0.25) is 5.75 Å². The van der Waals surface area contributed by atoms with Crippen molar-refractivity contribution >= 4 is 51.7 Å². The lowest BCUT2D eigenvalue weighted by Crippen LogP contribution is -2.17. The number of hydrogen-bond donors (Lipinski definition) is 1. The van der Waals surface area contributed by atoms with Crippen LogP contribution in [0.1, 0.15) is 5.56 Å². The van der Waals surface area contributed by atoms with Crippen LogP contribution in [0.15, 0.2) is 41.3 Å². The summed E-state index contributed by atoms with van der Waals surface area (Å²) in [5.74, 6) is -0.0782. The zero-order valence-electron chi connectivity index (χ0n) is 14.6. The van der Waals surface area contributed by atoms with Crippen LogP contribution in [0.25, 0.3) is 6.08 Å². The van der Waals surface area contributed by atoms with Crippen LogP contribution in [0.2, 0.25) is 0 Å². The van der Waals surface area contributed by atoms with Crippen LogP contribution in [0, 0.1) is 20.2 Å². The van der Waals surface area contributed by atoms with E-state index in [1.807, 2.05) is 0 Å². The molecule has 2 aromatic carbocycles. The second-order valence-corrected chi connectivity index (χ2v) is 7.25. The molecule has 1 saturated heterocycles. The molecule has 0 atom stereocenters. The highest BCUT2D eigenvalue weighted by Crippen LogP contribution is 2.39. The van der Waals surface area contributed by atoms with Gasteiger partial charge in [-0.3, -0.25) is 25.0 Å². The Hall–Kier alpha value is -3.51. The van der Waals surface area contributed by atoms with E-state index in [9.17, 15) is 25.0 Å². The third-order valence-corrected chi connectivity index (χ3v) is 4.86. The Morgan fingerprint density at radius 3 is 2.38 bits per heavy atom. The number of nitrogens with zero attached hydrogens (tertiary/aromatic N) is 2. The number of thiocarbonyl (C=S) groups is 1. The van der Waals surface area contributed by atoms with Gasteiger partial charge >= 0.3 is 5.69 Å². The number of nitro benzene ring substituents is 2.